The Labute approximate surface area is 117 Å². The summed E-state index contributed by atoms with van der Waals surface area (Å²) in [5.74, 6) is -0.384. The Morgan fingerprint density at radius 3 is 2.80 bits per heavy atom. The molecule has 0 fully saturated rings. The van der Waals surface area contributed by atoms with E-state index in [2.05, 4.69) is 10.1 Å². The SMILES string of the molecule is COC(=O)CCCC(=O)Nc1ccc2ccn(C)c2c1. The van der Waals surface area contributed by atoms with E-state index in [0.717, 1.165) is 16.6 Å². The van der Waals surface area contributed by atoms with E-state index in [1.54, 1.807) is 0 Å². The fraction of sp³-hybridized carbons (Fsp3) is 0.333. The number of methoxy groups -OCH3 is 1. The predicted octanol–water partition coefficient (Wildman–Crippen LogP) is 2.46. The Hall–Kier alpha value is -2.30. The molecule has 1 aromatic heterocycles. The van der Waals surface area contributed by atoms with Gasteiger partial charge in [0.05, 0.1) is 7.11 Å². The molecule has 0 unspecified atom stereocenters. The van der Waals surface area contributed by atoms with E-state index >= 15 is 0 Å². The first-order valence-corrected chi connectivity index (χ1v) is 6.52. The molecule has 0 aliphatic carbocycles. The number of anilines is 1. The normalized spacial score (nSPS) is 10.5. The van der Waals surface area contributed by atoms with Gasteiger partial charge >= 0.3 is 5.97 Å². The topological polar surface area (TPSA) is 60.3 Å². The second-order valence-corrected chi connectivity index (χ2v) is 4.68. The lowest BCUT2D eigenvalue weighted by Crippen LogP contribution is -2.12. The fourth-order valence-electron chi connectivity index (χ4n) is 2.06. The van der Waals surface area contributed by atoms with Gasteiger partial charge in [0.25, 0.3) is 0 Å². The number of aryl methyl sites for hydroxylation is 1. The molecular weight excluding hydrogens is 256 g/mol. The van der Waals surface area contributed by atoms with E-state index in [1.807, 2.05) is 42.1 Å². The van der Waals surface area contributed by atoms with Crippen LogP contribution in [0.25, 0.3) is 10.9 Å². The number of esters is 1. The molecule has 2 rings (SSSR count). The highest BCUT2D eigenvalue weighted by molar-refractivity contribution is 5.93. The molecule has 5 heteroatoms. The quantitative estimate of drug-likeness (QED) is 0.852. The summed E-state index contributed by atoms with van der Waals surface area (Å²) in [7, 11) is 3.31. The molecule has 0 spiro atoms. The van der Waals surface area contributed by atoms with Crippen molar-refractivity contribution >= 4 is 28.5 Å². The van der Waals surface area contributed by atoms with Gasteiger partial charge in [-0.15, -0.1) is 0 Å². The summed E-state index contributed by atoms with van der Waals surface area (Å²) >= 11 is 0. The van der Waals surface area contributed by atoms with Crippen molar-refractivity contribution in [1.29, 1.82) is 0 Å². The number of fused-ring (bicyclic) bond motifs is 1. The van der Waals surface area contributed by atoms with Gasteiger partial charge in [-0.2, -0.15) is 0 Å². The van der Waals surface area contributed by atoms with Crippen LogP contribution < -0.4 is 5.32 Å². The van der Waals surface area contributed by atoms with Crippen molar-refractivity contribution in [3.8, 4) is 0 Å². The van der Waals surface area contributed by atoms with Gasteiger partial charge in [-0.1, -0.05) is 6.07 Å². The third-order valence-corrected chi connectivity index (χ3v) is 3.18. The Kier molecular flexibility index (Phi) is 4.40. The van der Waals surface area contributed by atoms with Crippen LogP contribution in [0, 0.1) is 0 Å². The molecule has 20 heavy (non-hydrogen) atoms. The fourth-order valence-corrected chi connectivity index (χ4v) is 2.06. The number of rotatable bonds is 5. The number of ether oxygens (including phenoxy) is 1. The summed E-state index contributed by atoms with van der Waals surface area (Å²) in [5.41, 5.74) is 1.83. The molecule has 106 valence electrons. The average Bonchev–Trinajstić information content (AvgIpc) is 2.80. The summed E-state index contributed by atoms with van der Waals surface area (Å²) in [6, 6.07) is 7.81. The van der Waals surface area contributed by atoms with Gasteiger partial charge in [0.15, 0.2) is 0 Å². The number of benzene rings is 1. The molecule has 1 amide bonds. The summed E-state index contributed by atoms with van der Waals surface area (Å²) in [6.07, 6.45) is 3.04. The number of amides is 1. The van der Waals surface area contributed by atoms with Crippen LogP contribution in [0.2, 0.25) is 0 Å². The van der Waals surface area contributed by atoms with Crippen LogP contribution in [0.1, 0.15) is 19.3 Å². The van der Waals surface area contributed by atoms with Crippen LogP contribution in [0.3, 0.4) is 0 Å². The largest absolute Gasteiger partial charge is 0.469 e. The first-order valence-electron chi connectivity index (χ1n) is 6.52. The van der Waals surface area contributed by atoms with Crippen molar-refractivity contribution in [3.05, 3.63) is 30.5 Å². The number of hydrogen-bond donors (Lipinski definition) is 1. The maximum Gasteiger partial charge on any atom is 0.305 e. The smallest absolute Gasteiger partial charge is 0.305 e. The van der Waals surface area contributed by atoms with Gasteiger partial charge in [0.1, 0.15) is 0 Å². The van der Waals surface area contributed by atoms with E-state index in [-0.39, 0.29) is 18.3 Å². The molecule has 0 aliphatic rings. The summed E-state index contributed by atoms with van der Waals surface area (Å²) in [4.78, 5) is 22.7. The van der Waals surface area contributed by atoms with Crippen molar-refractivity contribution in [1.82, 2.24) is 4.57 Å². The molecule has 0 saturated carbocycles. The molecule has 0 atom stereocenters. The minimum absolute atomic E-state index is 0.0949. The highest BCUT2D eigenvalue weighted by atomic mass is 16.5. The van der Waals surface area contributed by atoms with E-state index in [9.17, 15) is 9.59 Å². The lowest BCUT2D eigenvalue weighted by molar-refractivity contribution is -0.140. The summed E-state index contributed by atoms with van der Waals surface area (Å²) < 4.78 is 6.53. The maximum atomic E-state index is 11.8. The lowest BCUT2D eigenvalue weighted by Gasteiger charge is -2.06. The zero-order valence-electron chi connectivity index (χ0n) is 11.7. The second kappa shape index (κ2) is 6.23. The third kappa shape index (κ3) is 3.38. The number of hydrogen-bond acceptors (Lipinski definition) is 3. The van der Waals surface area contributed by atoms with E-state index in [0.29, 0.717) is 12.8 Å². The maximum absolute atomic E-state index is 11.8. The number of carbonyl (C=O) groups excluding carboxylic acids is 2. The monoisotopic (exact) mass is 274 g/mol. The van der Waals surface area contributed by atoms with Gasteiger partial charge in [-0.3, -0.25) is 9.59 Å². The minimum Gasteiger partial charge on any atom is -0.469 e. The van der Waals surface area contributed by atoms with Gasteiger partial charge in [-0.05, 0) is 30.0 Å². The predicted molar refractivity (Wildman–Crippen MR) is 77.4 cm³/mol. The zero-order chi connectivity index (χ0) is 14.5. The van der Waals surface area contributed by atoms with E-state index < -0.39 is 0 Å². The molecule has 1 aromatic carbocycles. The average molecular weight is 274 g/mol. The molecule has 0 aliphatic heterocycles. The van der Waals surface area contributed by atoms with Gasteiger partial charge < -0.3 is 14.6 Å². The van der Waals surface area contributed by atoms with Gasteiger partial charge in [0.2, 0.25) is 5.91 Å². The van der Waals surface area contributed by atoms with Crippen LogP contribution >= 0.6 is 0 Å². The van der Waals surface area contributed by atoms with Crippen LogP contribution in [0.4, 0.5) is 5.69 Å². The van der Waals surface area contributed by atoms with Crippen molar-refractivity contribution in [2.75, 3.05) is 12.4 Å². The van der Waals surface area contributed by atoms with Crippen LogP contribution in [0.15, 0.2) is 30.5 Å². The van der Waals surface area contributed by atoms with E-state index in [1.165, 1.54) is 7.11 Å². The molecule has 1 N–H and O–H groups in total. The summed E-state index contributed by atoms with van der Waals surface area (Å²) in [5, 5.41) is 3.97. The molecule has 0 radical (unpaired) electrons. The van der Waals surface area contributed by atoms with Gasteiger partial charge in [-0.25, -0.2) is 0 Å². The molecule has 2 aromatic rings. The zero-order valence-corrected chi connectivity index (χ0v) is 11.7. The second-order valence-electron chi connectivity index (χ2n) is 4.68. The van der Waals surface area contributed by atoms with Crippen LogP contribution in [0.5, 0.6) is 0 Å². The van der Waals surface area contributed by atoms with Crippen molar-refractivity contribution in [2.24, 2.45) is 7.05 Å². The molecule has 0 bridgehead atoms. The Bertz CT molecular complexity index is 631. The molecular formula is C15H18N2O3. The van der Waals surface area contributed by atoms with Gasteiger partial charge in [0, 0.05) is 37.3 Å². The molecule has 5 nitrogen and oxygen atoms in total. The first kappa shape index (κ1) is 14.1. The highest BCUT2D eigenvalue weighted by Crippen LogP contribution is 2.19. The number of carbonyl (C=O) groups is 2. The minimum atomic E-state index is -0.289. The third-order valence-electron chi connectivity index (χ3n) is 3.18. The molecule has 1 heterocycles. The van der Waals surface area contributed by atoms with Crippen molar-refractivity contribution < 1.29 is 14.3 Å². The highest BCUT2D eigenvalue weighted by Gasteiger charge is 2.06. The van der Waals surface area contributed by atoms with E-state index in [4.69, 9.17) is 0 Å². The Balaban J connectivity index is 1.92. The standard InChI is InChI=1S/C15H18N2O3/c1-17-9-8-11-6-7-12(10-13(11)17)16-14(18)4-3-5-15(19)20-2/h6-10H,3-5H2,1-2H3,(H,16,18). The number of nitrogens with zero attached hydrogens (tertiary/aromatic N) is 1. The lowest BCUT2D eigenvalue weighted by atomic mass is 10.2. The number of aromatic nitrogens is 1. The Morgan fingerprint density at radius 1 is 1.25 bits per heavy atom. The van der Waals surface area contributed by atoms with Crippen LogP contribution in [-0.4, -0.2) is 23.6 Å². The van der Waals surface area contributed by atoms with Crippen molar-refractivity contribution in [3.63, 3.8) is 0 Å². The van der Waals surface area contributed by atoms with Crippen LogP contribution in [-0.2, 0) is 21.4 Å². The summed E-state index contributed by atoms with van der Waals surface area (Å²) in [6.45, 7) is 0. The molecule has 0 saturated heterocycles. The first-order chi connectivity index (χ1) is 9.60. The number of nitrogens with one attached hydrogen (secondary N) is 1. The Morgan fingerprint density at radius 2 is 2.05 bits per heavy atom. The van der Waals surface area contributed by atoms with Crippen molar-refractivity contribution in [2.45, 2.75) is 19.3 Å².